The molecule has 2 N–H and O–H groups in total. The van der Waals surface area contributed by atoms with Crippen molar-refractivity contribution in [2.75, 3.05) is 6.54 Å². The van der Waals surface area contributed by atoms with Gasteiger partial charge in [0.1, 0.15) is 0 Å². The second kappa shape index (κ2) is 7.58. The highest BCUT2D eigenvalue weighted by molar-refractivity contribution is 6.34. The Hall–Kier alpha value is -1.63. The average molecular weight is 344 g/mol. The number of hydrogen-bond donors (Lipinski definition) is 2. The quantitative estimate of drug-likeness (QED) is 0.786. The first-order chi connectivity index (χ1) is 10.5. The Morgan fingerprint density at radius 1 is 1.36 bits per heavy atom. The van der Waals surface area contributed by atoms with Gasteiger partial charge in [0.05, 0.1) is 0 Å². The van der Waals surface area contributed by atoms with Gasteiger partial charge in [-0.1, -0.05) is 28.4 Å². The van der Waals surface area contributed by atoms with E-state index in [1.54, 1.807) is 6.92 Å². The highest BCUT2D eigenvalue weighted by Crippen LogP contribution is 2.23. The number of carbonyl (C=O) groups is 1. The summed E-state index contributed by atoms with van der Waals surface area (Å²) in [5, 5.41) is 17.0. The molecule has 0 radical (unpaired) electrons. The second-order valence-corrected chi connectivity index (χ2v) is 5.61. The van der Waals surface area contributed by atoms with Crippen LogP contribution < -0.4 is 5.32 Å². The summed E-state index contributed by atoms with van der Waals surface area (Å²) in [6, 6.07) is 4.53. The number of nitrogens with zero attached hydrogens (tertiary/aromatic N) is 2. The summed E-state index contributed by atoms with van der Waals surface area (Å²) < 4.78 is 4.96. The molecule has 2 aromatic rings. The number of nitrogens with one attached hydrogen (secondary N) is 1. The maximum atomic E-state index is 11.9. The Kier molecular flexibility index (Phi) is 5.76. The van der Waals surface area contributed by atoms with Gasteiger partial charge in [-0.15, -0.1) is 0 Å². The molecular weight excluding hydrogens is 329 g/mol. The summed E-state index contributed by atoms with van der Waals surface area (Å²) in [5.41, 5.74) is 0.350. The van der Waals surface area contributed by atoms with Gasteiger partial charge in [-0.25, -0.2) is 0 Å². The van der Waals surface area contributed by atoms with E-state index >= 15 is 0 Å². The van der Waals surface area contributed by atoms with Crippen molar-refractivity contribution in [2.45, 2.75) is 25.9 Å². The molecule has 0 aliphatic carbocycles. The van der Waals surface area contributed by atoms with Gasteiger partial charge in [0, 0.05) is 23.0 Å². The molecule has 0 aliphatic rings. The number of carbonyl (C=O) groups excluding carboxylic acids is 1. The zero-order chi connectivity index (χ0) is 16.1. The van der Waals surface area contributed by atoms with Gasteiger partial charge in [0.25, 0.3) is 5.91 Å². The molecule has 0 saturated carbocycles. The van der Waals surface area contributed by atoms with Crippen LogP contribution in [0.3, 0.4) is 0 Å². The van der Waals surface area contributed by atoms with Gasteiger partial charge >= 0.3 is 0 Å². The summed E-state index contributed by atoms with van der Waals surface area (Å²) in [5.74, 6) is 0.584. The van der Waals surface area contributed by atoms with Crippen LogP contribution in [0, 0.1) is 6.92 Å². The fraction of sp³-hybridized carbons (Fsp3) is 0.357. The number of benzene rings is 1. The smallest absolute Gasteiger partial charge is 0.253 e. The lowest BCUT2D eigenvalue weighted by molar-refractivity contribution is -0.129. The van der Waals surface area contributed by atoms with Gasteiger partial charge in [0.2, 0.25) is 5.89 Å². The molecule has 22 heavy (non-hydrogen) atoms. The normalized spacial score (nSPS) is 12.2. The predicted octanol–water partition coefficient (Wildman–Crippen LogP) is 2.47. The van der Waals surface area contributed by atoms with Crippen molar-refractivity contribution in [3.8, 4) is 0 Å². The third kappa shape index (κ3) is 4.69. The Morgan fingerprint density at radius 3 is 2.64 bits per heavy atom. The van der Waals surface area contributed by atoms with E-state index in [1.165, 1.54) is 18.2 Å². The lowest BCUT2D eigenvalue weighted by atomic mass is 10.1. The van der Waals surface area contributed by atoms with Crippen LogP contribution in [0.25, 0.3) is 0 Å². The predicted molar refractivity (Wildman–Crippen MR) is 81.8 cm³/mol. The molecule has 118 valence electrons. The number of aromatic nitrogens is 2. The summed E-state index contributed by atoms with van der Waals surface area (Å²) in [6.07, 6.45) is -0.141. The molecular formula is C14H15Cl2N3O3. The van der Waals surface area contributed by atoms with Crippen LogP contribution in [0.5, 0.6) is 0 Å². The van der Waals surface area contributed by atoms with E-state index in [4.69, 9.17) is 27.7 Å². The number of aryl methyl sites for hydroxylation is 2. The Bertz CT molecular complexity index is 640. The van der Waals surface area contributed by atoms with Gasteiger partial charge in [-0.3, -0.25) is 4.79 Å². The highest BCUT2D eigenvalue weighted by atomic mass is 35.5. The van der Waals surface area contributed by atoms with Gasteiger partial charge < -0.3 is 14.9 Å². The summed E-state index contributed by atoms with van der Waals surface area (Å²) >= 11 is 11.7. The standard InChI is InChI=1S/C14H15Cl2N3O3/c1-8-18-12(22-19-8)3-2-4-17-14(21)13(20)9-5-10(15)7-11(16)6-9/h5-7,13,20H,2-4H2,1H3,(H,17,21)/t13-/m0/s1. The summed E-state index contributed by atoms with van der Waals surface area (Å²) in [7, 11) is 0. The topological polar surface area (TPSA) is 88.2 Å². The molecule has 0 spiro atoms. The first kappa shape index (κ1) is 16.7. The van der Waals surface area contributed by atoms with Crippen LogP contribution in [0.1, 0.15) is 29.8 Å². The third-order valence-electron chi connectivity index (χ3n) is 2.89. The number of hydrogen-bond acceptors (Lipinski definition) is 5. The zero-order valence-corrected chi connectivity index (χ0v) is 13.4. The first-order valence-electron chi connectivity index (χ1n) is 6.66. The molecule has 1 amide bonds. The van der Waals surface area contributed by atoms with Crippen molar-refractivity contribution < 1.29 is 14.4 Å². The van der Waals surface area contributed by atoms with E-state index in [1.807, 2.05) is 0 Å². The van der Waals surface area contributed by atoms with Crippen molar-refractivity contribution in [1.82, 2.24) is 15.5 Å². The van der Waals surface area contributed by atoms with E-state index in [9.17, 15) is 9.90 Å². The van der Waals surface area contributed by atoms with E-state index < -0.39 is 12.0 Å². The fourth-order valence-corrected chi connectivity index (χ4v) is 2.42. The third-order valence-corrected chi connectivity index (χ3v) is 3.32. The number of amides is 1. The van der Waals surface area contributed by atoms with Crippen LogP contribution in [-0.4, -0.2) is 27.7 Å². The lowest BCUT2D eigenvalue weighted by Crippen LogP contribution is -2.30. The average Bonchev–Trinajstić information content (AvgIpc) is 2.87. The largest absolute Gasteiger partial charge is 0.378 e. The minimum Gasteiger partial charge on any atom is -0.378 e. The van der Waals surface area contributed by atoms with E-state index in [0.717, 1.165) is 0 Å². The summed E-state index contributed by atoms with van der Waals surface area (Å²) in [6.45, 7) is 2.12. The highest BCUT2D eigenvalue weighted by Gasteiger charge is 2.18. The molecule has 0 bridgehead atoms. The Balaban J connectivity index is 1.81. The molecule has 0 fully saturated rings. The number of rotatable bonds is 6. The van der Waals surface area contributed by atoms with Gasteiger partial charge in [-0.2, -0.15) is 4.98 Å². The molecule has 0 aliphatic heterocycles. The SMILES string of the molecule is Cc1noc(CCCNC(=O)[C@@H](O)c2cc(Cl)cc(Cl)c2)n1. The lowest BCUT2D eigenvalue weighted by Gasteiger charge is -2.12. The zero-order valence-electron chi connectivity index (χ0n) is 11.8. The van der Waals surface area contributed by atoms with E-state index in [0.29, 0.717) is 46.7 Å². The molecule has 1 aromatic carbocycles. The van der Waals surface area contributed by atoms with Crippen molar-refractivity contribution in [2.24, 2.45) is 0 Å². The molecule has 1 heterocycles. The van der Waals surface area contributed by atoms with Gasteiger partial charge in [0.15, 0.2) is 11.9 Å². The number of aliphatic hydroxyl groups excluding tert-OH is 1. The molecule has 8 heteroatoms. The first-order valence-corrected chi connectivity index (χ1v) is 7.42. The monoisotopic (exact) mass is 343 g/mol. The summed E-state index contributed by atoms with van der Waals surface area (Å²) in [4.78, 5) is 15.9. The van der Waals surface area contributed by atoms with Crippen molar-refractivity contribution >= 4 is 29.1 Å². The van der Waals surface area contributed by atoms with Crippen molar-refractivity contribution in [1.29, 1.82) is 0 Å². The number of aliphatic hydroxyl groups is 1. The fourth-order valence-electron chi connectivity index (χ4n) is 1.87. The van der Waals surface area contributed by atoms with Crippen molar-refractivity contribution in [3.63, 3.8) is 0 Å². The van der Waals surface area contributed by atoms with Crippen LogP contribution in [0.2, 0.25) is 10.0 Å². The second-order valence-electron chi connectivity index (χ2n) is 4.74. The van der Waals surface area contributed by atoms with Crippen molar-refractivity contribution in [3.05, 3.63) is 45.5 Å². The molecule has 2 rings (SSSR count). The maximum absolute atomic E-state index is 11.9. The molecule has 6 nitrogen and oxygen atoms in total. The number of halogens is 2. The van der Waals surface area contributed by atoms with Gasteiger partial charge in [-0.05, 0) is 37.1 Å². The van der Waals surface area contributed by atoms with E-state index in [2.05, 4.69) is 15.5 Å². The minimum atomic E-state index is -1.32. The van der Waals surface area contributed by atoms with Crippen LogP contribution >= 0.6 is 23.2 Å². The molecule has 0 saturated heterocycles. The van der Waals surface area contributed by atoms with Crippen LogP contribution in [-0.2, 0) is 11.2 Å². The maximum Gasteiger partial charge on any atom is 0.253 e. The molecule has 0 unspecified atom stereocenters. The molecule has 1 aromatic heterocycles. The Morgan fingerprint density at radius 2 is 2.05 bits per heavy atom. The van der Waals surface area contributed by atoms with Crippen LogP contribution in [0.15, 0.2) is 22.7 Å². The Labute approximate surface area is 137 Å². The minimum absolute atomic E-state index is 0.350. The molecule has 1 atom stereocenters. The van der Waals surface area contributed by atoms with Crippen LogP contribution in [0.4, 0.5) is 0 Å². The van der Waals surface area contributed by atoms with E-state index in [-0.39, 0.29) is 0 Å².